The summed E-state index contributed by atoms with van der Waals surface area (Å²) in [6.45, 7) is 4.23. The Bertz CT molecular complexity index is 615. The minimum atomic E-state index is -0.0636. The van der Waals surface area contributed by atoms with Crippen LogP contribution in [0.15, 0.2) is 34.5 Å². The number of hydrogen-bond acceptors (Lipinski definition) is 3. The highest BCUT2D eigenvalue weighted by Gasteiger charge is 2.27. The fourth-order valence-corrected chi connectivity index (χ4v) is 3.24. The number of benzene rings is 1. The topological polar surface area (TPSA) is 49.7 Å². The van der Waals surface area contributed by atoms with Crippen LogP contribution >= 0.6 is 23.2 Å². The number of carbonyl (C=O) groups excluding carboxylic acids is 1. The summed E-state index contributed by atoms with van der Waals surface area (Å²) >= 11 is 11.8. The second kappa shape index (κ2) is 7.30. The molecule has 2 rings (SSSR count). The van der Waals surface area contributed by atoms with Crippen molar-refractivity contribution in [3.05, 3.63) is 39.6 Å². The Morgan fingerprint density at radius 1 is 1.27 bits per heavy atom. The first-order valence-electron chi connectivity index (χ1n) is 7.30. The quantitative estimate of drug-likeness (QED) is 0.732. The molecule has 1 aromatic carbocycles. The van der Waals surface area contributed by atoms with E-state index < -0.39 is 0 Å². The maximum atomic E-state index is 12.2. The summed E-state index contributed by atoms with van der Waals surface area (Å²) in [5, 5.41) is 11.1. The smallest absolute Gasteiger partial charge is 0.168 e. The highest BCUT2D eigenvalue weighted by Crippen LogP contribution is 2.30. The van der Waals surface area contributed by atoms with Crippen LogP contribution in [-0.4, -0.2) is 17.1 Å². The molecule has 0 saturated heterocycles. The lowest BCUT2D eigenvalue weighted by molar-refractivity contribution is -0.116. The van der Waals surface area contributed by atoms with Gasteiger partial charge in [0.1, 0.15) is 5.76 Å². The number of carbonyl (C=O) groups is 1. The van der Waals surface area contributed by atoms with E-state index in [1.54, 1.807) is 18.2 Å². The number of Topliss-reactive ketones (excluding diaryl/α,β-unsaturated/α-hetero) is 1. The van der Waals surface area contributed by atoms with Gasteiger partial charge < -0.3 is 5.11 Å². The lowest BCUT2D eigenvalue weighted by Crippen LogP contribution is -2.21. The summed E-state index contributed by atoms with van der Waals surface area (Å²) in [5.41, 5.74) is 0.839. The number of aliphatic hydroxyl groups is 1. The van der Waals surface area contributed by atoms with Crippen LogP contribution in [0.2, 0.25) is 10.0 Å². The normalized spacial score (nSPS) is 19.5. The molecule has 0 spiro atoms. The molecule has 118 valence electrons. The van der Waals surface area contributed by atoms with Crippen LogP contribution < -0.4 is 0 Å². The first-order chi connectivity index (χ1) is 10.3. The van der Waals surface area contributed by atoms with Crippen LogP contribution in [0.1, 0.15) is 33.1 Å². The highest BCUT2D eigenvalue weighted by molar-refractivity contribution is 6.35. The molecule has 0 amide bonds. The first kappa shape index (κ1) is 17.0. The molecule has 22 heavy (non-hydrogen) atoms. The molecule has 0 saturated carbocycles. The van der Waals surface area contributed by atoms with Gasteiger partial charge in [-0.25, -0.2) is 0 Å². The number of allylic oxidation sites excluding steroid dienone is 2. The Hall–Kier alpha value is -1.32. The maximum absolute atomic E-state index is 12.2. The summed E-state index contributed by atoms with van der Waals surface area (Å²) in [7, 11) is 0. The monoisotopic (exact) mass is 339 g/mol. The molecule has 1 aliphatic carbocycles. The van der Waals surface area contributed by atoms with Crippen molar-refractivity contribution >= 4 is 40.9 Å². The van der Waals surface area contributed by atoms with E-state index in [0.717, 1.165) is 6.42 Å². The number of aliphatic hydroxyl groups excluding tert-OH is 1. The van der Waals surface area contributed by atoms with Crippen molar-refractivity contribution in [2.45, 2.75) is 33.1 Å². The van der Waals surface area contributed by atoms with E-state index in [2.05, 4.69) is 18.8 Å². The van der Waals surface area contributed by atoms with Crippen molar-refractivity contribution in [3.63, 3.8) is 0 Å². The van der Waals surface area contributed by atoms with Crippen molar-refractivity contribution < 1.29 is 9.90 Å². The predicted octanol–water partition coefficient (Wildman–Crippen LogP) is 5.53. The van der Waals surface area contributed by atoms with E-state index in [0.29, 0.717) is 34.5 Å². The Morgan fingerprint density at radius 2 is 1.91 bits per heavy atom. The fourth-order valence-electron chi connectivity index (χ4n) is 2.72. The molecular weight excluding hydrogens is 321 g/mol. The molecule has 5 heteroatoms. The first-order valence-corrected chi connectivity index (χ1v) is 8.06. The van der Waals surface area contributed by atoms with Crippen LogP contribution in [0.5, 0.6) is 0 Å². The SMILES string of the molecule is CC(C)CC1CC(=O)C(C=Nc2cc(Cl)cc(Cl)c2)=C(O)C1. The maximum Gasteiger partial charge on any atom is 0.168 e. The third-order valence-corrected chi connectivity index (χ3v) is 4.00. The Kier molecular flexibility index (Phi) is 5.65. The van der Waals surface area contributed by atoms with Gasteiger partial charge in [0.15, 0.2) is 5.78 Å². The van der Waals surface area contributed by atoms with E-state index in [9.17, 15) is 9.90 Å². The molecule has 1 aliphatic rings. The molecule has 0 radical (unpaired) electrons. The zero-order valence-electron chi connectivity index (χ0n) is 12.6. The fraction of sp³-hybridized carbons (Fsp3) is 0.412. The summed E-state index contributed by atoms with van der Waals surface area (Å²) in [6.07, 6.45) is 3.33. The van der Waals surface area contributed by atoms with Crippen LogP contribution in [0.4, 0.5) is 5.69 Å². The summed E-state index contributed by atoms with van der Waals surface area (Å²) in [5.74, 6) is 0.782. The molecule has 1 aromatic rings. The minimum Gasteiger partial charge on any atom is -0.511 e. The van der Waals surface area contributed by atoms with E-state index in [1.165, 1.54) is 6.21 Å². The summed E-state index contributed by atoms with van der Waals surface area (Å²) < 4.78 is 0. The molecule has 0 heterocycles. The average Bonchev–Trinajstić information content (AvgIpc) is 2.35. The molecule has 0 bridgehead atoms. The van der Waals surface area contributed by atoms with Crippen LogP contribution in [0.25, 0.3) is 0 Å². The zero-order valence-corrected chi connectivity index (χ0v) is 14.2. The van der Waals surface area contributed by atoms with Gasteiger partial charge in [-0.15, -0.1) is 0 Å². The zero-order chi connectivity index (χ0) is 16.3. The number of rotatable bonds is 4. The molecule has 1 N–H and O–H groups in total. The van der Waals surface area contributed by atoms with Crippen LogP contribution in [0, 0.1) is 11.8 Å². The van der Waals surface area contributed by atoms with E-state index >= 15 is 0 Å². The van der Waals surface area contributed by atoms with E-state index in [4.69, 9.17) is 23.2 Å². The number of hydrogen-bond donors (Lipinski definition) is 1. The van der Waals surface area contributed by atoms with Gasteiger partial charge in [0.2, 0.25) is 0 Å². The lowest BCUT2D eigenvalue weighted by Gasteiger charge is -2.23. The van der Waals surface area contributed by atoms with Gasteiger partial charge in [-0.05, 0) is 36.5 Å². The highest BCUT2D eigenvalue weighted by atomic mass is 35.5. The molecule has 0 fully saturated rings. The van der Waals surface area contributed by atoms with Gasteiger partial charge in [0.05, 0.1) is 11.3 Å². The van der Waals surface area contributed by atoms with Crippen molar-refractivity contribution in [3.8, 4) is 0 Å². The van der Waals surface area contributed by atoms with E-state index in [-0.39, 0.29) is 23.0 Å². The van der Waals surface area contributed by atoms with Gasteiger partial charge in [-0.3, -0.25) is 9.79 Å². The standard InChI is InChI=1S/C17H19Cl2NO2/c1-10(2)3-11-4-16(21)15(17(22)5-11)9-20-14-7-12(18)6-13(19)8-14/h6-11,21H,3-5H2,1-2H3. The molecule has 3 nitrogen and oxygen atoms in total. The number of halogens is 2. The second-order valence-electron chi connectivity index (χ2n) is 6.07. The van der Waals surface area contributed by atoms with Gasteiger partial charge in [-0.1, -0.05) is 37.0 Å². The Labute approximate surface area is 140 Å². The molecule has 1 unspecified atom stereocenters. The average molecular weight is 340 g/mol. The van der Waals surface area contributed by atoms with Gasteiger partial charge in [-0.2, -0.15) is 0 Å². The van der Waals surface area contributed by atoms with Gasteiger partial charge in [0, 0.05) is 29.1 Å². The minimum absolute atomic E-state index is 0.0636. The number of ketones is 1. The van der Waals surface area contributed by atoms with E-state index in [1.807, 2.05) is 0 Å². The van der Waals surface area contributed by atoms with Gasteiger partial charge >= 0.3 is 0 Å². The molecule has 0 aliphatic heterocycles. The molecule has 1 atom stereocenters. The summed E-state index contributed by atoms with van der Waals surface area (Å²) in [4.78, 5) is 16.4. The number of aliphatic imine (C=N–C) groups is 1. The molecular formula is C17H19Cl2NO2. The van der Waals surface area contributed by atoms with Crippen LogP contribution in [0.3, 0.4) is 0 Å². The lowest BCUT2D eigenvalue weighted by atomic mass is 9.82. The second-order valence-corrected chi connectivity index (χ2v) is 6.95. The molecule has 0 aromatic heterocycles. The van der Waals surface area contributed by atoms with Crippen molar-refractivity contribution in [1.82, 2.24) is 0 Å². The van der Waals surface area contributed by atoms with Crippen molar-refractivity contribution in [2.24, 2.45) is 16.8 Å². The third kappa shape index (κ3) is 4.59. The predicted molar refractivity (Wildman–Crippen MR) is 91.5 cm³/mol. The van der Waals surface area contributed by atoms with Gasteiger partial charge in [0.25, 0.3) is 0 Å². The third-order valence-electron chi connectivity index (χ3n) is 3.56. The Morgan fingerprint density at radius 3 is 2.45 bits per heavy atom. The summed E-state index contributed by atoms with van der Waals surface area (Å²) in [6, 6.07) is 4.91. The number of nitrogens with zero attached hydrogens (tertiary/aromatic N) is 1. The largest absolute Gasteiger partial charge is 0.511 e. The van der Waals surface area contributed by atoms with Crippen molar-refractivity contribution in [2.75, 3.05) is 0 Å². The van der Waals surface area contributed by atoms with Crippen molar-refractivity contribution in [1.29, 1.82) is 0 Å². The Balaban J connectivity index is 2.17. The van der Waals surface area contributed by atoms with Crippen LogP contribution in [-0.2, 0) is 4.79 Å².